The largest absolute Gasteiger partial charge is 0.476 e. The van der Waals surface area contributed by atoms with Crippen molar-refractivity contribution in [1.82, 2.24) is 10.3 Å². The molecule has 82 valence electrons. The molecule has 1 aromatic rings. The zero-order valence-corrected chi connectivity index (χ0v) is 8.56. The van der Waals surface area contributed by atoms with Crippen LogP contribution in [-0.4, -0.2) is 28.6 Å². The molecular formula is C10H14N2O3. The van der Waals surface area contributed by atoms with Gasteiger partial charge in [0.15, 0.2) is 11.6 Å². The molecule has 1 aromatic heterocycles. The van der Waals surface area contributed by atoms with Crippen molar-refractivity contribution in [3.05, 3.63) is 17.8 Å². The van der Waals surface area contributed by atoms with Gasteiger partial charge in [-0.3, -0.25) is 0 Å². The Morgan fingerprint density at radius 1 is 1.73 bits per heavy atom. The Morgan fingerprint density at radius 3 is 3.13 bits per heavy atom. The third-order valence-electron chi connectivity index (χ3n) is 2.71. The lowest BCUT2D eigenvalue weighted by Crippen LogP contribution is -2.34. The molecule has 0 saturated carbocycles. The first-order chi connectivity index (χ1) is 7.16. The van der Waals surface area contributed by atoms with Gasteiger partial charge in [-0.15, -0.1) is 0 Å². The molecule has 0 bridgehead atoms. The van der Waals surface area contributed by atoms with Gasteiger partial charge < -0.3 is 14.8 Å². The molecule has 1 aliphatic rings. The average Bonchev–Trinajstić information content (AvgIpc) is 2.66. The first-order valence-corrected chi connectivity index (χ1v) is 5.09. The minimum atomic E-state index is -1.04. The van der Waals surface area contributed by atoms with Gasteiger partial charge >= 0.3 is 5.97 Å². The maximum Gasteiger partial charge on any atom is 0.357 e. The minimum absolute atomic E-state index is 0.00353. The van der Waals surface area contributed by atoms with E-state index < -0.39 is 5.97 Å². The SMILES string of the molecule is CC1CC(c2nc(C(=O)O)co2)CCN1. The van der Waals surface area contributed by atoms with Gasteiger partial charge in [0.05, 0.1) is 0 Å². The van der Waals surface area contributed by atoms with Gasteiger partial charge in [0.25, 0.3) is 0 Å². The Morgan fingerprint density at radius 2 is 2.53 bits per heavy atom. The highest BCUT2D eigenvalue weighted by Crippen LogP contribution is 2.26. The topological polar surface area (TPSA) is 75.4 Å². The number of piperidine rings is 1. The fraction of sp³-hybridized carbons (Fsp3) is 0.600. The summed E-state index contributed by atoms with van der Waals surface area (Å²) in [6.07, 6.45) is 3.11. The zero-order chi connectivity index (χ0) is 10.8. The number of aromatic carboxylic acids is 1. The molecule has 5 heteroatoms. The second kappa shape index (κ2) is 4.02. The molecule has 2 atom stereocenters. The summed E-state index contributed by atoms with van der Waals surface area (Å²) < 4.78 is 5.19. The number of oxazole rings is 1. The van der Waals surface area contributed by atoms with E-state index in [1.165, 1.54) is 6.26 Å². The van der Waals surface area contributed by atoms with Gasteiger partial charge in [0.2, 0.25) is 0 Å². The number of nitrogens with zero attached hydrogens (tertiary/aromatic N) is 1. The van der Waals surface area contributed by atoms with Crippen molar-refractivity contribution in [3.8, 4) is 0 Å². The lowest BCUT2D eigenvalue weighted by atomic mass is 9.93. The number of carboxylic acids is 1. The third kappa shape index (κ3) is 2.18. The minimum Gasteiger partial charge on any atom is -0.476 e. The van der Waals surface area contributed by atoms with Crippen LogP contribution < -0.4 is 5.32 Å². The van der Waals surface area contributed by atoms with Gasteiger partial charge in [-0.2, -0.15) is 0 Å². The molecule has 5 nitrogen and oxygen atoms in total. The van der Waals surface area contributed by atoms with Crippen molar-refractivity contribution in [2.75, 3.05) is 6.54 Å². The van der Waals surface area contributed by atoms with Crippen molar-refractivity contribution in [3.63, 3.8) is 0 Å². The van der Waals surface area contributed by atoms with E-state index in [4.69, 9.17) is 9.52 Å². The predicted molar refractivity (Wildman–Crippen MR) is 52.9 cm³/mol. The van der Waals surface area contributed by atoms with E-state index in [2.05, 4.69) is 17.2 Å². The molecule has 2 unspecified atom stereocenters. The first kappa shape index (κ1) is 10.2. The van der Waals surface area contributed by atoms with E-state index in [1.807, 2.05) is 0 Å². The molecular weight excluding hydrogens is 196 g/mol. The van der Waals surface area contributed by atoms with Gasteiger partial charge in [0, 0.05) is 12.0 Å². The van der Waals surface area contributed by atoms with E-state index in [9.17, 15) is 4.79 Å². The fourth-order valence-electron chi connectivity index (χ4n) is 1.93. The Hall–Kier alpha value is -1.36. The van der Waals surface area contributed by atoms with Crippen molar-refractivity contribution in [2.24, 2.45) is 0 Å². The van der Waals surface area contributed by atoms with Gasteiger partial charge in [-0.1, -0.05) is 0 Å². The zero-order valence-electron chi connectivity index (χ0n) is 8.56. The molecule has 2 heterocycles. The summed E-state index contributed by atoms with van der Waals surface area (Å²) in [5.41, 5.74) is -0.00353. The van der Waals surface area contributed by atoms with Crippen molar-refractivity contribution in [2.45, 2.75) is 31.7 Å². The summed E-state index contributed by atoms with van der Waals surface area (Å²) in [5.74, 6) is -0.234. The van der Waals surface area contributed by atoms with Crippen molar-refractivity contribution in [1.29, 1.82) is 0 Å². The van der Waals surface area contributed by atoms with Crippen LogP contribution in [0.3, 0.4) is 0 Å². The van der Waals surface area contributed by atoms with Crippen LogP contribution in [0, 0.1) is 0 Å². The van der Waals surface area contributed by atoms with Gasteiger partial charge in [-0.05, 0) is 26.3 Å². The molecule has 1 fully saturated rings. The monoisotopic (exact) mass is 210 g/mol. The summed E-state index contributed by atoms with van der Waals surface area (Å²) in [4.78, 5) is 14.6. The summed E-state index contributed by atoms with van der Waals surface area (Å²) in [6, 6.07) is 0.434. The second-order valence-corrected chi connectivity index (χ2v) is 3.95. The van der Waals surface area contributed by atoms with Gasteiger partial charge in [0.1, 0.15) is 6.26 Å². The van der Waals surface area contributed by atoms with E-state index in [-0.39, 0.29) is 11.6 Å². The number of hydrogen-bond acceptors (Lipinski definition) is 4. The second-order valence-electron chi connectivity index (χ2n) is 3.95. The van der Waals surface area contributed by atoms with Gasteiger partial charge in [-0.25, -0.2) is 9.78 Å². The number of aromatic nitrogens is 1. The number of carboxylic acid groups (broad SMARTS) is 1. The van der Waals surface area contributed by atoms with Crippen molar-refractivity contribution >= 4 is 5.97 Å². The van der Waals surface area contributed by atoms with Crippen LogP contribution in [0.4, 0.5) is 0 Å². The molecule has 2 rings (SSSR count). The number of nitrogens with one attached hydrogen (secondary N) is 1. The molecule has 15 heavy (non-hydrogen) atoms. The molecule has 0 aliphatic carbocycles. The van der Waals surface area contributed by atoms with Crippen LogP contribution in [0.15, 0.2) is 10.7 Å². The summed E-state index contributed by atoms with van der Waals surface area (Å²) >= 11 is 0. The summed E-state index contributed by atoms with van der Waals surface area (Å²) in [7, 11) is 0. The van der Waals surface area contributed by atoms with Crippen LogP contribution in [0.25, 0.3) is 0 Å². The normalized spacial score (nSPS) is 26.5. The Bertz CT molecular complexity index is 361. The maximum atomic E-state index is 10.6. The van der Waals surface area contributed by atoms with Crippen LogP contribution in [-0.2, 0) is 0 Å². The molecule has 1 aliphatic heterocycles. The highest BCUT2D eigenvalue weighted by Gasteiger charge is 2.24. The average molecular weight is 210 g/mol. The smallest absolute Gasteiger partial charge is 0.357 e. The molecule has 0 spiro atoms. The maximum absolute atomic E-state index is 10.6. The molecule has 2 N–H and O–H groups in total. The molecule has 0 aromatic carbocycles. The molecule has 0 amide bonds. The van der Waals surface area contributed by atoms with Crippen LogP contribution in [0.1, 0.15) is 42.1 Å². The third-order valence-corrected chi connectivity index (χ3v) is 2.71. The Labute approximate surface area is 87.5 Å². The van der Waals surface area contributed by atoms with E-state index >= 15 is 0 Å². The lowest BCUT2D eigenvalue weighted by Gasteiger charge is -2.25. The van der Waals surface area contributed by atoms with E-state index in [0.29, 0.717) is 11.9 Å². The van der Waals surface area contributed by atoms with Crippen LogP contribution in [0.5, 0.6) is 0 Å². The molecule has 0 radical (unpaired) electrons. The quantitative estimate of drug-likeness (QED) is 0.767. The highest BCUT2D eigenvalue weighted by molar-refractivity contribution is 5.84. The predicted octanol–water partition coefficient (Wildman–Crippen LogP) is 1.23. The van der Waals surface area contributed by atoms with Crippen molar-refractivity contribution < 1.29 is 14.3 Å². The number of carbonyl (C=O) groups is 1. The lowest BCUT2D eigenvalue weighted by molar-refractivity contribution is 0.0690. The number of hydrogen-bond donors (Lipinski definition) is 2. The van der Waals surface area contributed by atoms with Crippen LogP contribution >= 0.6 is 0 Å². The summed E-state index contributed by atoms with van der Waals surface area (Å²) in [6.45, 7) is 3.03. The fourth-order valence-corrected chi connectivity index (χ4v) is 1.93. The highest BCUT2D eigenvalue weighted by atomic mass is 16.4. The standard InChI is InChI=1S/C10H14N2O3/c1-6-4-7(2-3-11-6)9-12-8(5-15-9)10(13)14/h5-7,11H,2-4H2,1H3,(H,13,14). The Kier molecular flexibility index (Phi) is 2.73. The van der Waals surface area contributed by atoms with Crippen LogP contribution in [0.2, 0.25) is 0 Å². The first-order valence-electron chi connectivity index (χ1n) is 5.09. The molecule has 1 saturated heterocycles. The summed E-state index contributed by atoms with van der Waals surface area (Å²) in [5, 5.41) is 12.0. The Balaban J connectivity index is 2.11. The van der Waals surface area contributed by atoms with E-state index in [0.717, 1.165) is 19.4 Å². The van der Waals surface area contributed by atoms with E-state index in [1.54, 1.807) is 0 Å². The number of rotatable bonds is 2.